The number of benzene rings is 2. The predicted molar refractivity (Wildman–Crippen MR) is 123 cm³/mol. The fourth-order valence-corrected chi connectivity index (χ4v) is 3.56. The molecule has 0 bridgehead atoms. The summed E-state index contributed by atoms with van der Waals surface area (Å²) in [5, 5.41) is 27.0. The van der Waals surface area contributed by atoms with Gasteiger partial charge in [0.25, 0.3) is 5.56 Å². The third-order valence-electron chi connectivity index (χ3n) is 5.13. The number of carboxylic acid groups (broad SMARTS) is 1. The fraction of sp³-hybridized carbons (Fsp3) is 0.208. The van der Waals surface area contributed by atoms with Crippen molar-refractivity contribution in [2.75, 3.05) is 5.32 Å². The van der Waals surface area contributed by atoms with Gasteiger partial charge in [-0.2, -0.15) is 0 Å². The summed E-state index contributed by atoms with van der Waals surface area (Å²) in [6.07, 6.45) is 1.00. The van der Waals surface area contributed by atoms with E-state index >= 15 is 0 Å². The van der Waals surface area contributed by atoms with Gasteiger partial charge in [-0.15, -0.1) is 0 Å². The Morgan fingerprint density at radius 3 is 2.38 bits per heavy atom. The summed E-state index contributed by atoms with van der Waals surface area (Å²) in [7, 11) is 0. The monoisotopic (exact) mass is 491 g/mol. The van der Waals surface area contributed by atoms with Crippen molar-refractivity contribution in [2.24, 2.45) is 0 Å². The molecule has 8 nitrogen and oxygen atoms in total. The van der Waals surface area contributed by atoms with Crippen molar-refractivity contribution >= 4 is 29.3 Å². The summed E-state index contributed by atoms with van der Waals surface area (Å²) in [6.45, 7) is 3.60. The van der Waals surface area contributed by atoms with Crippen molar-refractivity contribution < 1.29 is 49.4 Å². The molecular formula is C24H23ClN3NaO5. The van der Waals surface area contributed by atoms with E-state index in [4.69, 9.17) is 11.6 Å². The van der Waals surface area contributed by atoms with Gasteiger partial charge in [0.1, 0.15) is 5.75 Å². The number of nitrogens with one attached hydrogen (secondary N) is 2. The van der Waals surface area contributed by atoms with Gasteiger partial charge in [-0.05, 0) is 31.0 Å². The molecule has 0 unspecified atom stereocenters. The zero-order valence-corrected chi connectivity index (χ0v) is 21.8. The molecule has 0 saturated heterocycles. The number of anilines is 1. The largest absolute Gasteiger partial charge is 1.00 e. The topological polar surface area (TPSA) is 123 Å². The Kier molecular flexibility index (Phi) is 9.76. The van der Waals surface area contributed by atoms with Gasteiger partial charge in [-0.25, -0.2) is 4.79 Å². The molecule has 172 valence electrons. The summed E-state index contributed by atoms with van der Waals surface area (Å²) in [6, 6.07) is 12.3. The molecule has 3 rings (SSSR count). The smallest absolute Gasteiger partial charge is 0.550 e. The molecule has 0 aliphatic rings. The molecule has 0 radical (unpaired) electrons. The van der Waals surface area contributed by atoms with Gasteiger partial charge < -0.3 is 30.2 Å². The molecule has 0 saturated carbocycles. The maximum Gasteiger partial charge on any atom is 1.00 e. The number of aliphatic carboxylic acids is 1. The van der Waals surface area contributed by atoms with Crippen LogP contribution in [0.15, 0.2) is 59.5 Å². The number of amides is 2. The van der Waals surface area contributed by atoms with Crippen LogP contribution in [0.2, 0.25) is 5.02 Å². The molecule has 10 heteroatoms. The second-order valence-electron chi connectivity index (χ2n) is 7.70. The van der Waals surface area contributed by atoms with Crippen LogP contribution in [0.5, 0.6) is 5.75 Å². The first-order valence-electron chi connectivity index (χ1n) is 10.2. The number of hydrogen-bond acceptors (Lipinski definition) is 5. The molecule has 2 aromatic carbocycles. The van der Waals surface area contributed by atoms with E-state index in [1.54, 1.807) is 55.5 Å². The second-order valence-corrected chi connectivity index (χ2v) is 8.11. The van der Waals surface area contributed by atoms with Crippen LogP contribution in [-0.4, -0.2) is 21.7 Å². The van der Waals surface area contributed by atoms with Crippen molar-refractivity contribution in [1.82, 2.24) is 9.88 Å². The SMILES string of the molecule is Cc1ccc([C@@H](CC(=O)[O-])NC(=O)Nc2c(O)c(C)cn(Cc3ccccc3Cl)c2=O)cc1.[Na+]. The van der Waals surface area contributed by atoms with Crippen LogP contribution in [0.4, 0.5) is 10.5 Å². The van der Waals surface area contributed by atoms with Crippen LogP contribution < -0.4 is 50.9 Å². The Morgan fingerprint density at radius 2 is 1.76 bits per heavy atom. The fourth-order valence-electron chi connectivity index (χ4n) is 3.36. The molecule has 1 heterocycles. The van der Waals surface area contributed by atoms with E-state index in [0.29, 0.717) is 21.7 Å². The number of carbonyl (C=O) groups excluding carboxylic acids is 2. The van der Waals surface area contributed by atoms with Crippen molar-refractivity contribution in [3.63, 3.8) is 0 Å². The van der Waals surface area contributed by atoms with Crippen molar-refractivity contribution in [3.05, 3.63) is 92.4 Å². The maximum absolute atomic E-state index is 13.0. The number of urea groups is 1. The molecule has 0 spiro atoms. The zero-order valence-electron chi connectivity index (χ0n) is 19.1. The Labute approximate surface area is 223 Å². The molecule has 1 atom stereocenters. The van der Waals surface area contributed by atoms with E-state index in [-0.39, 0.29) is 47.5 Å². The van der Waals surface area contributed by atoms with E-state index in [9.17, 15) is 24.6 Å². The number of halogens is 1. The van der Waals surface area contributed by atoms with Crippen LogP contribution in [0.25, 0.3) is 0 Å². The van der Waals surface area contributed by atoms with Gasteiger partial charge in [0.05, 0.1) is 12.6 Å². The van der Waals surface area contributed by atoms with Gasteiger partial charge in [-0.3, -0.25) is 4.79 Å². The maximum atomic E-state index is 13.0. The molecule has 0 aliphatic heterocycles. The number of carbonyl (C=O) groups is 2. The summed E-state index contributed by atoms with van der Waals surface area (Å²) >= 11 is 6.19. The Morgan fingerprint density at radius 1 is 1.12 bits per heavy atom. The Balaban J connectivity index is 0.00000408. The van der Waals surface area contributed by atoms with Gasteiger partial charge in [0, 0.05) is 29.2 Å². The first-order valence-corrected chi connectivity index (χ1v) is 10.5. The number of aromatic hydroxyl groups is 1. The summed E-state index contributed by atoms with van der Waals surface area (Å²) in [5.41, 5.74) is 1.62. The van der Waals surface area contributed by atoms with E-state index in [1.807, 2.05) is 6.92 Å². The third kappa shape index (κ3) is 6.87. The normalized spacial score (nSPS) is 11.3. The number of pyridine rings is 1. The number of rotatable bonds is 7. The molecule has 3 aromatic rings. The minimum absolute atomic E-state index is 0. The number of hydrogen-bond donors (Lipinski definition) is 3. The van der Waals surface area contributed by atoms with E-state index in [2.05, 4.69) is 10.6 Å². The molecule has 0 fully saturated rings. The summed E-state index contributed by atoms with van der Waals surface area (Å²) < 4.78 is 1.32. The van der Waals surface area contributed by atoms with Crippen LogP contribution in [0.3, 0.4) is 0 Å². The minimum atomic E-state index is -1.35. The Hall–Kier alpha value is -2.78. The standard InChI is InChI=1S/C24H24ClN3O5.Na/c1-14-7-9-16(10-8-14)19(11-20(29)30)26-24(33)27-21-22(31)15(2)12-28(23(21)32)13-17-5-3-4-6-18(17)25;/h3-10,12,19,31H,11,13H2,1-2H3,(H,29,30)(H2,26,27,33);/q;+1/p-1/t19-;/m1./s1. The molecular weight excluding hydrogens is 469 g/mol. The minimum Gasteiger partial charge on any atom is -0.550 e. The van der Waals surface area contributed by atoms with Crippen LogP contribution in [-0.2, 0) is 11.3 Å². The Bertz CT molecular complexity index is 1240. The third-order valence-corrected chi connectivity index (χ3v) is 5.50. The molecule has 2 amide bonds. The van der Waals surface area contributed by atoms with E-state index in [0.717, 1.165) is 5.56 Å². The first-order chi connectivity index (χ1) is 15.7. The van der Waals surface area contributed by atoms with E-state index < -0.39 is 30.0 Å². The summed E-state index contributed by atoms with van der Waals surface area (Å²) in [4.78, 5) is 36.8. The van der Waals surface area contributed by atoms with Gasteiger partial charge in [0.2, 0.25) is 0 Å². The average molecular weight is 492 g/mol. The number of aromatic nitrogens is 1. The average Bonchev–Trinajstić information content (AvgIpc) is 2.76. The summed E-state index contributed by atoms with van der Waals surface area (Å²) in [5.74, 6) is -1.72. The van der Waals surface area contributed by atoms with Gasteiger partial charge >= 0.3 is 35.6 Å². The second kappa shape index (κ2) is 12.1. The van der Waals surface area contributed by atoms with E-state index in [1.165, 1.54) is 10.8 Å². The van der Waals surface area contributed by atoms with Crippen molar-refractivity contribution in [2.45, 2.75) is 32.9 Å². The zero-order chi connectivity index (χ0) is 24.1. The van der Waals surface area contributed by atoms with Gasteiger partial charge in [0.15, 0.2) is 5.69 Å². The molecule has 34 heavy (non-hydrogen) atoms. The van der Waals surface area contributed by atoms with Crippen molar-refractivity contribution in [3.8, 4) is 5.75 Å². The molecule has 1 aromatic heterocycles. The molecule has 3 N–H and O–H groups in total. The quantitative estimate of drug-likeness (QED) is 0.398. The number of aryl methyl sites for hydroxylation is 2. The van der Waals surface area contributed by atoms with Crippen molar-refractivity contribution in [1.29, 1.82) is 0 Å². The van der Waals surface area contributed by atoms with Crippen LogP contribution in [0.1, 0.15) is 34.7 Å². The van der Waals surface area contributed by atoms with Gasteiger partial charge in [-0.1, -0.05) is 59.6 Å². The number of carboxylic acids is 1. The van der Waals surface area contributed by atoms with Crippen LogP contribution >= 0.6 is 11.6 Å². The van der Waals surface area contributed by atoms with Crippen LogP contribution in [0, 0.1) is 13.8 Å². The molecule has 0 aliphatic carbocycles. The predicted octanol–water partition coefficient (Wildman–Crippen LogP) is -0.121. The first kappa shape index (κ1) is 27.5. The number of nitrogens with zero attached hydrogens (tertiary/aromatic N) is 1.